The number of fused-ring (bicyclic) bond motifs is 8. The average Bonchev–Trinajstić information content (AvgIpc) is 1.63. The Morgan fingerprint density at radius 2 is 0.437 bits per heavy atom. The van der Waals surface area contributed by atoms with Crippen LogP contribution in [0, 0.1) is 64.1 Å². The van der Waals surface area contributed by atoms with Crippen LogP contribution in [0.4, 0.5) is 46.5 Å². The average molecular weight is 1850 g/mol. The first-order chi connectivity index (χ1) is 62.5. The molecule has 2 fully saturated rings. The van der Waals surface area contributed by atoms with Crippen LogP contribution < -0.4 is 45.9 Å². The van der Waals surface area contributed by atoms with E-state index in [0.717, 1.165) is 80.9 Å². The second kappa shape index (κ2) is 39.0. The summed E-state index contributed by atoms with van der Waals surface area (Å²) in [5, 5.41) is 0. The van der Waals surface area contributed by atoms with Crippen molar-refractivity contribution in [1.29, 1.82) is 0 Å². The fourth-order valence-corrected chi connectivity index (χ4v) is 14.2. The lowest BCUT2D eigenvalue weighted by Gasteiger charge is -2.28. The van der Waals surface area contributed by atoms with Crippen molar-refractivity contribution in [3.8, 4) is 0 Å². The van der Waals surface area contributed by atoms with Crippen LogP contribution in [-0.2, 0) is 13.1 Å². The third-order valence-corrected chi connectivity index (χ3v) is 25.1. The zero-order valence-corrected chi connectivity index (χ0v) is 85.6. The molecule has 2 aliphatic carbocycles. The van der Waals surface area contributed by atoms with Crippen LogP contribution in [0.2, 0.25) is 0 Å². The van der Waals surface area contributed by atoms with E-state index in [1.165, 1.54) is 44.7 Å². The van der Waals surface area contributed by atoms with Gasteiger partial charge >= 0.3 is 0 Å². The van der Waals surface area contributed by atoms with Crippen molar-refractivity contribution in [2.75, 3.05) is 45.9 Å². The first-order valence-corrected chi connectivity index (χ1v) is 46.2. The summed E-state index contributed by atoms with van der Waals surface area (Å²) in [6.45, 7) is 72.9. The Morgan fingerprint density at radius 1 is 0.237 bits per heavy atom. The van der Waals surface area contributed by atoms with Gasteiger partial charge in [0.05, 0.1) is 50.6 Å². The van der Waals surface area contributed by atoms with Gasteiger partial charge in [-0.1, -0.05) is 166 Å². The summed E-state index contributed by atoms with van der Waals surface area (Å²) < 4.78 is 16.5. The van der Waals surface area contributed by atoms with E-state index in [1.807, 2.05) is 51.7 Å². The van der Waals surface area contributed by atoms with Crippen molar-refractivity contribution in [3.63, 3.8) is 0 Å². The van der Waals surface area contributed by atoms with Gasteiger partial charge < -0.3 is 82.4 Å². The third-order valence-electron chi connectivity index (χ3n) is 25.1. The van der Waals surface area contributed by atoms with Crippen molar-refractivity contribution in [3.05, 3.63) is 98.7 Å². The Kier molecular flexibility index (Phi) is 29.6. The van der Waals surface area contributed by atoms with Gasteiger partial charge in [-0.05, 0) is 131 Å². The van der Waals surface area contributed by atoms with Gasteiger partial charge in [0.15, 0.2) is 91.7 Å². The second-order valence-electron chi connectivity index (χ2n) is 44.6. The minimum absolute atomic E-state index is 0.140. The first kappa shape index (κ1) is 102. The zero-order chi connectivity index (χ0) is 100.0. The molecule has 135 heavy (non-hydrogen) atoms. The monoisotopic (exact) mass is 1850 g/mol. The quantitative estimate of drug-likeness (QED) is 0.0630. The van der Waals surface area contributed by atoms with Gasteiger partial charge in [0, 0.05) is 61.2 Å². The summed E-state index contributed by atoms with van der Waals surface area (Å²) in [5.41, 5.74) is 60.1. The number of imidazole rings is 8. The SMILES string of the molecule is CC(C)(C)Cn1cnc2c(N)ncnc21.C[C@@H](n1cnc2c(N)nc(C3CC3)nc21)C(C)(C)C.C[C@@H](n1cnc2c(N)ncnc21)C(C)(C)C.C[C@H](n1cnc2c(N)nc(C3CC3)nc21)C(C)(C)C.C[C@H](n1cnc2c(N)ncnc21)C(C)(C)C.Cc1nc(N)c2ncn(CC(C)(C)C)c2n1.Cc1nc(N)c2ncn([C@@H](C)C(C)(C)C)c2n1.Cc1nc(N)c2ncn([C@H](C)C(C)(C)C)c2n1. The molecule has 0 saturated heterocycles. The van der Waals surface area contributed by atoms with Gasteiger partial charge in [0.25, 0.3) is 0 Å². The Bertz CT molecular complexity index is 6470. The second-order valence-corrected chi connectivity index (χ2v) is 44.6. The summed E-state index contributed by atoms with van der Waals surface area (Å²) in [7, 11) is 0. The molecule has 2 saturated carbocycles. The largest absolute Gasteiger partial charge is 0.382 e. The lowest BCUT2D eigenvalue weighted by atomic mass is 9.88. The summed E-state index contributed by atoms with van der Waals surface area (Å²) in [6, 6.07) is 1.79. The molecule has 16 N–H and O–H groups in total. The molecular formula is C95H146N40. The molecule has 18 rings (SSSR count). The van der Waals surface area contributed by atoms with Gasteiger partial charge in [-0.2, -0.15) is 0 Å². The first-order valence-electron chi connectivity index (χ1n) is 46.2. The number of rotatable bonds is 10. The summed E-state index contributed by atoms with van der Waals surface area (Å²) in [6.07, 6.45) is 23.5. The molecule has 40 nitrogen and oxygen atoms in total. The summed E-state index contributed by atoms with van der Waals surface area (Å²) in [4.78, 5) is 103. The number of anilines is 8. The van der Waals surface area contributed by atoms with Gasteiger partial charge in [-0.25, -0.2) is 120 Å². The number of hydrogen-bond acceptors (Lipinski definition) is 32. The van der Waals surface area contributed by atoms with Crippen molar-refractivity contribution in [2.45, 2.75) is 315 Å². The molecule has 726 valence electrons. The number of aryl methyl sites for hydroxylation is 3. The molecule has 16 aromatic rings. The van der Waals surface area contributed by atoms with Crippen LogP contribution >= 0.6 is 0 Å². The van der Waals surface area contributed by atoms with Crippen LogP contribution in [0.1, 0.15) is 311 Å². The highest BCUT2D eigenvalue weighted by Crippen LogP contribution is 2.44. The maximum atomic E-state index is 6.02. The van der Waals surface area contributed by atoms with E-state index < -0.39 is 0 Å². The highest BCUT2D eigenvalue weighted by atomic mass is 15.2. The van der Waals surface area contributed by atoms with Crippen LogP contribution in [0.15, 0.2) is 69.6 Å². The van der Waals surface area contributed by atoms with E-state index in [4.69, 9.17) is 55.8 Å². The number of nitrogen functional groups attached to an aromatic ring is 8. The molecule has 0 aromatic carbocycles. The minimum atomic E-state index is 0.140. The lowest BCUT2D eigenvalue weighted by Crippen LogP contribution is -2.21. The molecule has 0 aliphatic heterocycles. The topological polar surface area (TPSA) is 557 Å². The van der Waals surface area contributed by atoms with Crippen molar-refractivity contribution >= 4 is 136 Å². The van der Waals surface area contributed by atoms with Gasteiger partial charge in [0.1, 0.15) is 92.2 Å². The maximum Gasteiger partial charge on any atom is 0.166 e. The van der Waals surface area contributed by atoms with Crippen LogP contribution in [0.5, 0.6) is 0 Å². The molecule has 0 amide bonds. The minimum Gasteiger partial charge on any atom is -0.382 e. The molecule has 16 heterocycles. The van der Waals surface area contributed by atoms with E-state index in [1.54, 1.807) is 38.0 Å². The molecule has 16 aromatic heterocycles. The predicted molar refractivity (Wildman–Crippen MR) is 540 cm³/mol. The van der Waals surface area contributed by atoms with Crippen molar-refractivity contribution in [1.82, 2.24) is 156 Å². The third kappa shape index (κ3) is 24.3. The Morgan fingerprint density at radius 3 is 0.689 bits per heavy atom. The summed E-state index contributed by atoms with van der Waals surface area (Å²) in [5.74, 6) is 8.48. The molecule has 6 atom stereocenters. The Balaban J connectivity index is 0.000000149. The molecule has 0 radical (unpaired) electrons. The number of hydrogen-bond donors (Lipinski definition) is 8. The van der Waals surface area contributed by atoms with E-state index in [2.05, 4.69) is 336 Å². The molecule has 2 aliphatic rings. The highest BCUT2D eigenvalue weighted by molar-refractivity contribution is 5.86. The van der Waals surface area contributed by atoms with Crippen molar-refractivity contribution in [2.24, 2.45) is 43.3 Å². The van der Waals surface area contributed by atoms with E-state index >= 15 is 0 Å². The zero-order valence-electron chi connectivity index (χ0n) is 85.6. The van der Waals surface area contributed by atoms with Crippen molar-refractivity contribution < 1.29 is 0 Å². The van der Waals surface area contributed by atoms with E-state index in [0.29, 0.717) is 145 Å². The standard InChI is InChI=1S/2C14H21N5.2C12H19N5.3C11H17N5.C10H15N5/c2*1-8(14(2,3)4)19-7-16-10-11(15)17-12(9-5-6-9)18-13(10)19;2*1-7(12(3,4)5)17-6-14-9-10(13)15-8(2)16-11(9)17;2*1-7(11(2,3)4)16-6-15-8-9(12)13-5-14-10(8)16;1-7-14-9(12)8-10(15-7)16(6-13-8)5-11(2,3)4;1-10(2,3)4-15-6-14-7-8(11)12-5-13-9(7)15/h2*7-9H,5-6H2,1-4H3,(H2,15,17,18);2*6-7H,1-5H3,(H2,13,15,16);2*5-7H,1-4H3,(H2,12,13,14);6H,5H2,1-4H3,(H2,12,14,15);5-6H,4H2,1-3H3,(H2,11,12,13)/t2*8-;4*7-;;/m101010../s1. The van der Waals surface area contributed by atoms with Crippen LogP contribution in [0.3, 0.4) is 0 Å². The summed E-state index contributed by atoms with van der Waals surface area (Å²) >= 11 is 0. The van der Waals surface area contributed by atoms with Gasteiger partial charge in [-0.3, -0.25) is 0 Å². The molecule has 40 heteroatoms. The van der Waals surface area contributed by atoms with Gasteiger partial charge in [0.2, 0.25) is 0 Å². The number of nitrogens with two attached hydrogens (primary N) is 8. The fourth-order valence-electron chi connectivity index (χ4n) is 14.2. The Labute approximate surface area is 791 Å². The van der Waals surface area contributed by atoms with Crippen LogP contribution in [0.25, 0.3) is 89.3 Å². The Hall–Kier alpha value is -13.2. The fraction of sp³-hybridized carbons (Fsp3) is 0.579. The molecule has 0 spiro atoms. The normalized spacial score (nSPS) is 14.8. The smallest absolute Gasteiger partial charge is 0.166 e. The molecule has 0 unspecified atom stereocenters. The highest BCUT2D eigenvalue weighted by Gasteiger charge is 2.35. The number of nitrogens with zero attached hydrogens (tertiary/aromatic N) is 32. The molecular weight excluding hydrogens is 1700 g/mol. The maximum absolute atomic E-state index is 6.02. The van der Waals surface area contributed by atoms with Crippen LogP contribution in [-0.4, -0.2) is 156 Å². The number of aromatic nitrogens is 32. The van der Waals surface area contributed by atoms with Gasteiger partial charge in [-0.15, -0.1) is 0 Å². The predicted octanol–water partition coefficient (Wildman–Crippen LogP) is 17.7. The lowest BCUT2D eigenvalue weighted by molar-refractivity contribution is 0.266. The van der Waals surface area contributed by atoms with E-state index in [-0.39, 0.29) is 43.3 Å². The van der Waals surface area contributed by atoms with E-state index in [9.17, 15) is 0 Å². The molecule has 0 bridgehead atoms.